The van der Waals surface area contributed by atoms with Gasteiger partial charge in [0.2, 0.25) is 0 Å². The second kappa shape index (κ2) is 4.69. The Hall–Kier alpha value is -1.16. The average Bonchev–Trinajstić information content (AvgIpc) is 3.11. The zero-order valence-electron chi connectivity index (χ0n) is 11.5. The van der Waals surface area contributed by atoms with Crippen molar-refractivity contribution < 1.29 is 4.39 Å². The zero-order valence-corrected chi connectivity index (χ0v) is 12.3. The van der Waals surface area contributed by atoms with Crippen LogP contribution in [0.1, 0.15) is 55.9 Å². The van der Waals surface area contributed by atoms with Crippen LogP contribution in [0.5, 0.6) is 0 Å². The smallest absolute Gasteiger partial charge is 0.111 e. The van der Waals surface area contributed by atoms with Gasteiger partial charge in [-0.1, -0.05) is 19.3 Å². The fourth-order valence-electron chi connectivity index (χ4n) is 3.78. The molecule has 1 aliphatic carbocycles. The molecule has 0 radical (unpaired) electrons. The number of thiophene rings is 1. The maximum atomic E-state index is 14.8. The van der Waals surface area contributed by atoms with E-state index >= 15 is 0 Å². The van der Waals surface area contributed by atoms with Crippen molar-refractivity contribution in [2.45, 2.75) is 56.7 Å². The summed E-state index contributed by atoms with van der Waals surface area (Å²) in [5.74, 6) is 0. The number of fused-ring (bicyclic) bond motifs is 3. The highest BCUT2D eigenvalue weighted by molar-refractivity contribution is 7.10. The first-order valence-corrected chi connectivity index (χ1v) is 8.43. The molecule has 0 saturated heterocycles. The van der Waals surface area contributed by atoms with Gasteiger partial charge in [0, 0.05) is 10.4 Å². The second-order valence-electron chi connectivity index (χ2n) is 6.15. The van der Waals surface area contributed by atoms with Crippen LogP contribution in [0.25, 0.3) is 11.3 Å². The van der Waals surface area contributed by atoms with Crippen molar-refractivity contribution >= 4 is 11.3 Å². The standard InChI is InChI=1S/C16H19FN2S/c17-16(6-2-1-3-7-16)8-4-13-15-12(5-9-20-15)14-10-18-11-19(13)14/h5,9-11,13H,1-4,6-8H2/t13-/m1/s1. The molecule has 3 heterocycles. The van der Waals surface area contributed by atoms with E-state index in [2.05, 4.69) is 21.0 Å². The zero-order chi connectivity index (χ0) is 13.6. The monoisotopic (exact) mass is 290 g/mol. The summed E-state index contributed by atoms with van der Waals surface area (Å²) in [6.45, 7) is 0. The third-order valence-electron chi connectivity index (χ3n) is 4.89. The Labute approximate surface area is 122 Å². The molecule has 2 aromatic heterocycles. The first-order valence-electron chi connectivity index (χ1n) is 7.55. The van der Waals surface area contributed by atoms with E-state index < -0.39 is 5.67 Å². The normalized spacial score (nSPS) is 23.6. The van der Waals surface area contributed by atoms with Crippen molar-refractivity contribution in [3.63, 3.8) is 0 Å². The van der Waals surface area contributed by atoms with Crippen molar-refractivity contribution in [3.8, 4) is 11.3 Å². The highest BCUT2D eigenvalue weighted by atomic mass is 32.1. The first kappa shape index (κ1) is 12.6. The Morgan fingerprint density at radius 3 is 3.05 bits per heavy atom. The molecule has 1 saturated carbocycles. The van der Waals surface area contributed by atoms with E-state index in [4.69, 9.17) is 0 Å². The van der Waals surface area contributed by atoms with Gasteiger partial charge in [0.25, 0.3) is 0 Å². The van der Waals surface area contributed by atoms with E-state index in [9.17, 15) is 4.39 Å². The third kappa shape index (κ3) is 1.93. The predicted molar refractivity (Wildman–Crippen MR) is 79.8 cm³/mol. The van der Waals surface area contributed by atoms with Gasteiger partial charge in [0.1, 0.15) is 5.67 Å². The molecule has 0 aromatic carbocycles. The Kier molecular flexibility index (Phi) is 2.95. The molecule has 106 valence electrons. The molecule has 20 heavy (non-hydrogen) atoms. The molecule has 0 amide bonds. The third-order valence-corrected chi connectivity index (χ3v) is 5.91. The number of aromatic nitrogens is 2. The number of hydrogen-bond acceptors (Lipinski definition) is 2. The minimum Gasteiger partial charge on any atom is -0.322 e. The lowest BCUT2D eigenvalue weighted by Crippen LogP contribution is -2.27. The molecule has 4 rings (SSSR count). The minimum atomic E-state index is -0.918. The minimum absolute atomic E-state index is 0.303. The van der Waals surface area contributed by atoms with Crippen molar-refractivity contribution in [2.75, 3.05) is 0 Å². The van der Waals surface area contributed by atoms with Gasteiger partial charge in [0.05, 0.1) is 24.3 Å². The SMILES string of the molecule is FC1(CC[C@@H]2c3sccc3-c3cncn32)CCCCC1. The molecule has 2 nitrogen and oxygen atoms in total. The van der Waals surface area contributed by atoms with Crippen molar-refractivity contribution in [3.05, 3.63) is 28.8 Å². The molecule has 0 spiro atoms. The fraction of sp³-hybridized carbons (Fsp3) is 0.562. The summed E-state index contributed by atoms with van der Waals surface area (Å²) in [4.78, 5) is 5.65. The quantitative estimate of drug-likeness (QED) is 0.780. The molecular formula is C16H19FN2S. The lowest BCUT2D eigenvalue weighted by molar-refractivity contribution is 0.0904. The number of rotatable bonds is 3. The van der Waals surface area contributed by atoms with Gasteiger partial charge in [-0.15, -0.1) is 11.3 Å². The molecule has 2 aliphatic rings. The number of halogens is 1. The summed E-state index contributed by atoms with van der Waals surface area (Å²) < 4.78 is 17.0. The predicted octanol–water partition coefficient (Wildman–Crippen LogP) is 4.97. The molecule has 1 atom stereocenters. The van der Waals surface area contributed by atoms with Crippen LogP contribution in [0, 0.1) is 0 Å². The van der Waals surface area contributed by atoms with E-state index in [1.807, 2.05) is 12.5 Å². The van der Waals surface area contributed by atoms with Crippen LogP contribution in [0.2, 0.25) is 0 Å². The van der Waals surface area contributed by atoms with Gasteiger partial charge in [-0.2, -0.15) is 0 Å². The molecule has 2 aromatic rings. The molecule has 4 heteroatoms. The number of alkyl halides is 1. The lowest BCUT2D eigenvalue weighted by Gasteiger charge is -2.30. The Morgan fingerprint density at radius 1 is 1.35 bits per heavy atom. The molecule has 0 unspecified atom stereocenters. The van der Waals surface area contributed by atoms with Crippen molar-refractivity contribution in [2.24, 2.45) is 0 Å². The van der Waals surface area contributed by atoms with Crippen molar-refractivity contribution in [1.29, 1.82) is 0 Å². The van der Waals surface area contributed by atoms with Crippen LogP contribution in [0.3, 0.4) is 0 Å². The summed E-state index contributed by atoms with van der Waals surface area (Å²) in [5.41, 5.74) is 1.58. The van der Waals surface area contributed by atoms with Crippen LogP contribution in [-0.2, 0) is 0 Å². The molecule has 1 fully saturated rings. The van der Waals surface area contributed by atoms with E-state index in [0.29, 0.717) is 12.5 Å². The van der Waals surface area contributed by atoms with E-state index in [1.54, 1.807) is 11.3 Å². The second-order valence-corrected chi connectivity index (χ2v) is 7.10. The maximum Gasteiger partial charge on any atom is 0.111 e. The summed E-state index contributed by atoms with van der Waals surface area (Å²) in [6.07, 6.45) is 10.2. The van der Waals surface area contributed by atoms with Crippen LogP contribution in [-0.4, -0.2) is 15.2 Å². The Balaban J connectivity index is 1.55. The Morgan fingerprint density at radius 2 is 2.20 bits per heavy atom. The number of nitrogens with zero attached hydrogens (tertiary/aromatic N) is 2. The van der Waals surface area contributed by atoms with E-state index in [-0.39, 0.29) is 0 Å². The summed E-state index contributed by atoms with van der Waals surface area (Å²) in [6, 6.07) is 2.47. The largest absolute Gasteiger partial charge is 0.322 e. The van der Waals surface area contributed by atoms with Gasteiger partial charge in [-0.05, 0) is 37.1 Å². The van der Waals surface area contributed by atoms with Crippen LogP contribution in [0.15, 0.2) is 24.0 Å². The summed E-state index contributed by atoms with van der Waals surface area (Å²) in [5, 5.41) is 2.14. The highest BCUT2D eigenvalue weighted by Crippen LogP contribution is 2.46. The first-order chi connectivity index (χ1) is 9.77. The topological polar surface area (TPSA) is 17.8 Å². The molecular weight excluding hydrogens is 271 g/mol. The summed E-state index contributed by atoms with van der Waals surface area (Å²) >= 11 is 1.80. The Bertz CT molecular complexity index is 569. The lowest BCUT2D eigenvalue weighted by atomic mass is 9.82. The van der Waals surface area contributed by atoms with Crippen LogP contribution in [0.4, 0.5) is 4.39 Å². The number of imidazole rings is 1. The van der Waals surface area contributed by atoms with Gasteiger partial charge >= 0.3 is 0 Å². The maximum absolute atomic E-state index is 14.8. The van der Waals surface area contributed by atoms with Gasteiger partial charge in [-0.25, -0.2) is 9.37 Å². The van der Waals surface area contributed by atoms with Gasteiger partial charge < -0.3 is 4.57 Å². The molecule has 0 N–H and O–H groups in total. The summed E-state index contributed by atoms with van der Waals surface area (Å²) in [7, 11) is 0. The highest BCUT2D eigenvalue weighted by Gasteiger charge is 2.35. The van der Waals surface area contributed by atoms with E-state index in [0.717, 1.165) is 32.1 Å². The number of hydrogen-bond donors (Lipinski definition) is 0. The molecule has 1 aliphatic heterocycles. The van der Waals surface area contributed by atoms with Crippen LogP contribution < -0.4 is 0 Å². The van der Waals surface area contributed by atoms with Crippen molar-refractivity contribution in [1.82, 2.24) is 9.55 Å². The van der Waals surface area contributed by atoms with Gasteiger partial charge in [0.15, 0.2) is 0 Å². The van der Waals surface area contributed by atoms with Gasteiger partial charge in [-0.3, -0.25) is 0 Å². The fourth-order valence-corrected chi connectivity index (χ4v) is 4.82. The van der Waals surface area contributed by atoms with Crippen LogP contribution >= 0.6 is 11.3 Å². The van der Waals surface area contributed by atoms with E-state index in [1.165, 1.54) is 22.6 Å². The molecule has 0 bridgehead atoms. The average molecular weight is 290 g/mol.